The molecule has 2 nitrogen and oxygen atoms in total. The van der Waals surface area contributed by atoms with E-state index < -0.39 is 0 Å². The van der Waals surface area contributed by atoms with E-state index in [1.165, 1.54) is 86.7 Å². The van der Waals surface area contributed by atoms with Crippen molar-refractivity contribution < 1.29 is 0 Å². The molecule has 10 rings (SSSR count). The first-order chi connectivity index (χ1) is 20.6. The lowest BCUT2D eigenvalue weighted by Gasteiger charge is -2.24. The highest BCUT2D eigenvalue weighted by molar-refractivity contribution is 7.26. The minimum absolute atomic E-state index is 0.123. The van der Waals surface area contributed by atoms with Crippen LogP contribution in [0.2, 0.25) is 0 Å². The van der Waals surface area contributed by atoms with Crippen molar-refractivity contribution in [2.45, 2.75) is 19.3 Å². The fourth-order valence-corrected chi connectivity index (χ4v) is 9.03. The highest BCUT2D eigenvalue weighted by Gasteiger charge is 2.41. The van der Waals surface area contributed by atoms with E-state index in [0.717, 1.165) is 5.69 Å². The number of benzene rings is 6. The molecule has 0 unspecified atom stereocenters. The topological polar surface area (TPSA) is 17.0 Å². The number of hydrogen-bond donors (Lipinski definition) is 1. The highest BCUT2D eigenvalue weighted by atomic mass is 32.1. The number of para-hydroxylation sites is 2. The molecule has 1 aliphatic heterocycles. The molecule has 0 radical (unpaired) electrons. The summed E-state index contributed by atoms with van der Waals surface area (Å²) in [5.41, 5.74) is 14.2. The van der Waals surface area contributed by atoms with Crippen LogP contribution in [-0.2, 0) is 5.41 Å². The zero-order chi connectivity index (χ0) is 27.7. The smallest absolute Gasteiger partial charge is 0.0644 e. The maximum Gasteiger partial charge on any atom is 0.0644 e. The van der Waals surface area contributed by atoms with Gasteiger partial charge in [0, 0.05) is 48.5 Å². The predicted octanol–water partition coefficient (Wildman–Crippen LogP) is 11.2. The molecule has 2 aromatic heterocycles. The first kappa shape index (κ1) is 22.8. The zero-order valence-corrected chi connectivity index (χ0v) is 24.1. The average molecular weight is 555 g/mol. The maximum atomic E-state index is 4.01. The van der Waals surface area contributed by atoms with Gasteiger partial charge in [0.05, 0.1) is 27.1 Å². The summed E-state index contributed by atoms with van der Waals surface area (Å²) in [6.07, 6.45) is 0. The molecule has 3 heteroatoms. The molecule has 1 N–H and O–H groups in total. The fourth-order valence-electron chi connectivity index (χ4n) is 7.86. The van der Waals surface area contributed by atoms with Crippen LogP contribution in [-0.4, -0.2) is 4.57 Å². The molecule has 198 valence electrons. The summed E-state index contributed by atoms with van der Waals surface area (Å²) in [5, 5.41) is 9.21. The van der Waals surface area contributed by atoms with Gasteiger partial charge in [0.1, 0.15) is 0 Å². The van der Waals surface area contributed by atoms with Crippen molar-refractivity contribution >= 4 is 64.7 Å². The summed E-state index contributed by atoms with van der Waals surface area (Å²) >= 11 is 1.87. The van der Waals surface area contributed by atoms with Crippen molar-refractivity contribution in [3.05, 3.63) is 126 Å². The van der Waals surface area contributed by atoms with Crippen LogP contribution in [0.3, 0.4) is 0 Å². The number of nitrogens with one attached hydrogen (secondary N) is 1. The van der Waals surface area contributed by atoms with Gasteiger partial charge in [0.25, 0.3) is 0 Å². The lowest BCUT2D eigenvalue weighted by Crippen LogP contribution is -2.15. The van der Waals surface area contributed by atoms with Crippen LogP contribution in [0.4, 0.5) is 11.4 Å². The molecule has 42 heavy (non-hydrogen) atoms. The highest BCUT2D eigenvalue weighted by Crippen LogP contribution is 2.59. The molecule has 3 heterocycles. The molecular weight excluding hydrogens is 529 g/mol. The molecule has 0 saturated heterocycles. The second-order valence-corrected chi connectivity index (χ2v) is 13.3. The average Bonchev–Trinajstić information content (AvgIpc) is 3.61. The van der Waals surface area contributed by atoms with Crippen molar-refractivity contribution in [2.75, 3.05) is 5.32 Å². The molecule has 0 amide bonds. The lowest BCUT2D eigenvalue weighted by molar-refractivity contribution is 0.661. The van der Waals surface area contributed by atoms with Gasteiger partial charge < -0.3 is 9.88 Å². The molecule has 0 saturated carbocycles. The van der Waals surface area contributed by atoms with Crippen molar-refractivity contribution in [3.8, 4) is 27.9 Å². The number of thiophene rings is 1. The largest absolute Gasteiger partial charge is 0.354 e. The van der Waals surface area contributed by atoms with Crippen LogP contribution in [0, 0.1) is 0 Å². The maximum absolute atomic E-state index is 4.01. The molecule has 0 fully saturated rings. The molecular formula is C39H26N2S. The van der Waals surface area contributed by atoms with Gasteiger partial charge in [-0.25, -0.2) is 0 Å². The van der Waals surface area contributed by atoms with E-state index in [0.29, 0.717) is 0 Å². The van der Waals surface area contributed by atoms with E-state index >= 15 is 0 Å². The number of rotatable bonds is 2. The minimum atomic E-state index is -0.123. The van der Waals surface area contributed by atoms with Crippen LogP contribution in [0.5, 0.6) is 0 Å². The summed E-state index contributed by atoms with van der Waals surface area (Å²) < 4.78 is 5.16. The van der Waals surface area contributed by atoms with E-state index in [-0.39, 0.29) is 5.41 Å². The van der Waals surface area contributed by atoms with Crippen LogP contribution in [0.15, 0.2) is 115 Å². The van der Waals surface area contributed by atoms with Gasteiger partial charge in [-0.3, -0.25) is 0 Å². The molecule has 0 spiro atoms. The number of nitrogens with zero attached hydrogens (tertiary/aromatic N) is 1. The zero-order valence-electron chi connectivity index (χ0n) is 23.3. The Bertz CT molecular complexity index is 2470. The first-order valence-electron chi connectivity index (χ1n) is 14.6. The van der Waals surface area contributed by atoms with Crippen molar-refractivity contribution in [1.82, 2.24) is 4.57 Å². The van der Waals surface area contributed by atoms with Gasteiger partial charge in [0.15, 0.2) is 0 Å². The third-order valence-electron chi connectivity index (χ3n) is 9.71. The quantitative estimate of drug-likeness (QED) is 0.225. The number of aromatic nitrogens is 1. The molecule has 0 bridgehead atoms. The second kappa shape index (κ2) is 7.70. The fraction of sp³-hybridized carbons (Fsp3) is 0.0769. The minimum Gasteiger partial charge on any atom is -0.354 e. The summed E-state index contributed by atoms with van der Waals surface area (Å²) in [7, 11) is 0. The van der Waals surface area contributed by atoms with Gasteiger partial charge in [-0.05, 0) is 52.6 Å². The standard InChI is InChI=1S/C39H26N2S/c1-39(2)27-16-9-14-24-22-11-3-6-18-31(22)41-32-19-7-4-13-26(32)35-30(21-28(39)36(34(24)27)37(35)41)40-29-17-10-15-25-23-12-5-8-20-33(23)42-38(25)29/h3-21,40H,1-2H3. The second-order valence-electron chi connectivity index (χ2n) is 12.2. The summed E-state index contributed by atoms with van der Waals surface area (Å²) in [6, 6.07) is 42.7. The predicted molar refractivity (Wildman–Crippen MR) is 180 cm³/mol. The van der Waals surface area contributed by atoms with E-state index in [9.17, 15) is 0 Å². The van der Waals surface area contributed by atoms with Crippen molar-refractivity contribution in [2.24, 2.45) is 0 Å². The van der Waals surface area contributed by atoms with E-state index in [2.05, 4.69) is 139 Å². The summed E-state index contributed by atoms with van der Waals surface area (Å²) in [5.74, 6) is 0. The number of hydrogen-bond acceptors (Lipinski definition) is 2. The first-order valence-corrected chi connectivity index (χ1v) is 15.4. The van der Waals surface area contributed by atoms with Gasteiger partial charge in [-0.15, -0.1) is 11.3 Å². The Balaban J connectivity index is 1.38. The molecule has 8 aromatic rings. The Morgan fingerprint density at radius 2 is 1.36 bits per heavy atom. The summed E-state index contributed by atoms with van der Waals surface area (Å²) in [4.78, 5) is 0. The summed E-state index contributed by atoms with van der Waals surface area (Å²) in [6.45, 7) is 4.79. The van der Waals surface area contributed by atoms with E-state index in [1.54, 1.807) is 0 Å². The Morgan fingerprint density at radius 1 is 0.619 bits per heavy atom. The van der Waals surface area contributed by atoms with Crippen molar-refractivity contribution in [1.29, 1.82) is 0 Å². The van der Waals surface area contributed by atoms with Crippen LogP contribution in [0.1, 0.15) is 25.0 Å². The van der Waals surface area contributed by atoms with Crippen LogP contribution >= 0.6 is 11.3 Å². The van der Waals surface area contributed by atoms with Crippen molar-refractivity contribution in [3.63, 3.8) is 0 Å². The number of fused-ring (bicyclic) bond motifs is 9. The SMILES string of the molecule is CC1(C)c2cccc3c2-c2c1cc(Nc1cccc4c1sc1ccccc14)c1c4ccccc4n(c21)-c1ccccc1-3. The van der Waals surface area contributed by atoms with Crippen LogP contribution in [0.25, 0.3) is 69.9 Å². The number of anilines is 2. The lowest BCUT2D eigenvalue weighted by atomic mass is 9.81. The Kier molecular flexibility index (Phi) is 4.18. The van der Waals surface area contributed by atoms with Gasteiger partial charge in [-0.2, -0.15) is 0 Å². The Morgan fingerprint density at radius 3 is 2.29 bits per heavy atom. The van der Waals surface area contributed by atoms with E-state index in [1.807, 2.05) is 11.3 Å². The normalized spacial score (nSPS) is 14.1. The Hall–Kier alpha value is -4.86. The van der Waals surface area contributed by atoms with Gasteiger partial charge in [0.2, 0.25) is 0 Å². The van der Waals surface area contributed by atoms with Crippen LogP contribution < -0.4 is 5.32 Å². The third kappa shape index (κ3) is 2.66. The Labute approximate surface area is 247 Å². The molecule has 1 aliphatic carbocycles. The molecule has 6 aromatic carbocycles. The van der Waals surface area contributed by atoms with Gasteiger partial charge in [-0.1, -0.05) is 98.8 Å². The van der Waals surface area contributed by atoms with Gasteiger partial charge >= 0.3 is 0 Å². The molecule has 0 atom stereocenters. The third-order valence-corrected chi connectivity index (χ3v) is 10.9. The van der Waals surface area contributed by atoms with E-state index in [4.69, 9.17) is 0 Å². The molecule has 2 aliphatic rings. The monoisotopic (exact) mass is 554 g/mol.